The zero-order valence-corrected chi connectivity index (χ0v) is 9.97. The zero-order chi connectivity index (χ0) is 11.3. The summed E-state index contributed by atoms with van der Waals surface area (Å²) in [6.45, 7) is 7.69. The van der Waals surface area contributed by atoms with Crippen molar-refractivity contribution in [1.29, 1.82) is 5.26 Å². The first-order valence-corrected chi connectivity index (χ1v) is 5.69. The number of nitriles is 1. The summed E-state index contributed by atoms with van der Waals surface area (Å²) in [7, 11) is 0. The molecule has 0 bridgehead atoms. The van der Waals surface area contributed by atoms with Gasteiger partial charge in [0.1, 0.15) is 4.75 Å². The van der Waals surface area contributed by atoms with E-state index < -0.39 is 4.75 Å². The molecule has 0 saturated carbocycles. The van der Waals surface area contributed by atoms with Crippen LogP contribution < -0.4 is 0 Å². The van der Waals surface area contributed by atoms with Crippen molar-refractivity contribution in [2.45, 2.75) is 29.9 Å². The Kier molecular flexibility index (Phi) is 3.99. The second-order valence-corrected chi connectivity index (χ2v) is 5.33. The molecule has 0 N–H and O–H groups in total. The highest BCUT2D eigenvalue weighted by atomic mass is 32.2. The molecule has 0 aromatic heterocycles. The average Bonchev–Trinajstić information content (AvgIpc) is 2.22. The molecular weight excluding hydrogens is 202 g/mol. The van der Waals surface area contributed by atoms with E-state index in [2.05, 4.69) is 43.8 Å². The van der Waals surface area contributed by atoms with Crippen LogP contribution in [0.25, 0.3) is 0 Å². The SMILES string of the molecule is C=CC[C@@](C)(C#N)Sc1ccc(C)cc1. The number of hydrogen-bond acceptors (Lipinski definition) is 2. The molecule has 15 heavy (non-hydrogen) atoms. The molecule has 1 aromatic rings. The molecule has 1 aromatic carbocycles. The van der Waals surface area contributed by atoms with Crippen LogP contribution >= 0.6 is 11.8 Å². The first kappa shape index (κ1) is 11.9. The maximum atomic E-state index is 9.11. The summed E-state index contributed by atoms with van der Waals surface area (Å²) in [5.74, 6) is 0. The molecule has 0 fully saturated rings. The van der Waals surface area contributed by atoms with Crippen LogP contribution in [0.5, 0.6) is 0 Å². The van der Waals surface area contributed by atoms with Gasteiger partial charge < -0.3 is 0 Å². The Labute approximate surface area is 95.8 Å². The summed E-state index contributed by atoms with van der Waals surface area (Å²) in [6, 6.07) is 10.6. The summed E-state index contributed by atoms with van der Waals surface area (Å²) in [5, 5.41) is 9.11. The van der Waals surface area contributed by atoms with Crippen LogP contribution in [0, 0.1) is 18.3 Å². The number of thioether (sulfide) groups is 1. The maximum absolute atomic E-state index is 9.11. The van der Waals surface area contributed by atoms with Crippen molar-refractivity contribution in [3.8, 4) is 6.07 Å². The van der Waals surface area contributed by atoms with Crippen LogP contribution in [0.2, 0.25) is 0 Å². The van der Waals surface area contributed by atoms with E-state index in [0.29, 0.717) is 6.42 Å². The molecule has 0 unspecified atom stereocenters. The third-order valence-corrected chi connectivity index (χ3v) is 3.35. The first-order chi connectivity index (χ1) is 7.09. The molecule has 78 valence electrons. The number of rotatable bonds is 4. The van der Waals surface area contributed by atoms with Gasteiger partial charge in [0.05, 0.1) is 6.07 Å². The van der Waals surface area contributed by atoms with Gasteiger partial charge in [0.15, 0.2) is 0 Å². The Balaban J connectivity index is 2.80. The van der Waals surface area contributed by atoms with E-state index in [9.17, 15) is 0 Å². The van der Waals surface area contributed by atoms with Crippen molar-refractivity contribution < 1.29 is 0 Å². The van der Waals surface area contributed by atoms with Crippen LogP contribution in [-0.4, -0.2) is 4.75 Å². The molecule has 2 heteroatoms. The van der Waals surface area contributed by atoms with Gasteiger partial charge >= 0.3 is 0 Å². The topological polar surface area (TPSA) is 23.8 Å². The maximum Gasteiger partial charge on any atom is 0.108 e. The van der Waals surface area contributed by atoms with Crippen molar-refractivity contribution in [2.24, 2.45) is 0 Å². The van der Waals surface area contributed by atoms with E-state index in [-0.39, 0.29) is 0 Å². The third-order valence-electron chi connectivity index (χ3n) is 2.13. The molecule has 1 atom stereocenters. The minimum Gasteiger partial charge on any atom is -0.197 e. The normalized spacial score (nSPS) is 13.9. The molecule has 0 aliphatic heterocycles. The van der Waals surface area contributed by atoms with Crippen molar-refractivity contribution in [1.82, 2.24) is 0 Å². The van der Waals surface area contributed by atoms with Gasteiger partial charge in [-0.3, -0.25) is 0 Å². The molecule has 0 spiro atoms. The molecule has 0 aliphatic rings. The largest absolute Gasteiger partial charge is 0.197 e. The molecule has 0 radical (unpaired) electrons. The summed E-state index contributed by atoms with van der Waals surface area (Å²) >= 11 is 1.59. The minimum absolute atomic E-state index is 0.406. The summed E-state index contributed by atoms with van der Waals surface area (Å²) in [5.41, 5.74) is 1.24. The Hall–Kier alpha value is -1.20. The standard InChI is InChI=1S/C13H15NS/c1-4-9-13(3,10-14)15-12-7-5-11(2)6-8-12/h4-8H,1,9H2,2-3H3/t13-/m0/s1. The second-order valence-electron chi connectivity index (χ2n) is 3.75. The van der Waals surface area contributed by atoms with E-state index in [1.807, 2.05) is 6.92 Å². The predicted octanol–water partition coefficient (Wildman–Crippen LogP) is 3.95. The van der Waals surface area contributed by atoms with Crippen LogP contribution in [0.3, 0.4) is 0 Å². The lowest BCUT2D eigenvalue weighted by Crippen LogP contribution is -2.15. The fourth-order valence-electron chi connectivity index (χ4n) is 1.25. The molecule has 1 rings (SSSR count). The van der Waals surface area contributed by atoms with Gasteiger partial charge in [0.2, 0.25) is 0 Å². The molecule has 1 nitrogen and oxygen atoms in total. The Morgan fingerprint density at radius 2 is 2.07 bits per heavy atom. The van der Waals surface area contributed by atoms with E-state index >= 15 is 0 Å². The monoisotopic (exact) mass is 217 g/mol. The van der Waals surface area contributed by atoms with Gasteiger partial charge in [0, 0.05) is 4.90 Å². The third kappa shape index (κ3) is 3.45. The van der Waals surface area contributed by atoms with Crippen molar-refractivity contribution in [2.75, 3.05) is 0 Å². The fraction of sp³-hybridized carbons (Fsp3) is 0.308. The minimum atomic E-state index is -0.406. The number of allylic oxidation sites excluding steroid dienone is 1. The number of benzene rings is 1. The van der Waals surface area contributed by atoms with Crippen LogP contribution in [0.4, 0.5) is 0 Å². The second kappa shape index (κ2) is 5.04. The van der Waals surface area contributed by atoms with Crippen LogP contribution in [0.15, 0.2) is 41.8 Å². The average molecular weight is 217 g/mol. The smallest absolute Gasteiger partial charge is 0.108 e. The highest BCUT2D eigenvalue weighted by molar-refractivity contribution is 8.01. The molecule has 0 saturated heterocycles. The first-order valence-electron chi connectivity index (χ1n) is 4.87. The van der Waals surface area contributed by atoms with E-state index in [1.165, 1.54) is 5.56 Å². The zero-order valence-electron chi connectivity index (χ0n) is 9.16. The van der Waals surface area contributed by atoms with Gasteiger partial charge in [0.25, 0.3) is 0 Å². The summed E-state index contributed by atoms with van der Waals surface area (Å²) in [4.78, 5) is 1.13. The van der Waals surface area contributed by atoms with Gasteiger partial charge in [-0.15, -0.1) is 18.3 Å². The summed E-state index contributed by atoms with van der Waals surface area (Å²) in [6.07, 6.45) is 2.49. The van der Waals surface area contributed by atoms with Gasteiger partial charge in [-0.25, -0.2) is 0 Å². The van der Waals surface area contributed by atoms with Crippen molar-refractivity contribution >= 4 is 11.8 Å². The fourth-order valence-corrected chi connectivity index (χ4v) is 2.29. The van der Waals surface area contributed by atoms with Crippen LogP contribution in [-0.2, 0) is 0 Å². The molecule has 0 heterocycles. The highest BCUT2D eigenvalue weighted by Gasteiger charge is 2.23. The number of nitrogens with zero attached hydrogens (tertiary/aromatic N) is 1. The number of hydrogen-bond donors (Lipinski definition) is 0. The molecule has 0 aliphatic carbocycles. The van der Waals surface area contributed by atoms with E-state index in [0.717, 1.165) is 4.90 Å². The lowest BCUT2D eigenvalue weighted by atomic mass is 10.1. The van der Waals surface area contributed by atoms with Gasteiger partial charge in [-0.2, -0.15) is 5.26 Å². The highest BCUT2D eigenvalue weighted by Crippen LogP contribution is 2.35. The van der Waals surface area contributed by atoms with Crippen molar-refractivity contribution in [3.05, 3.63) is 42.5 Å². The quantitative estimate of drug-likeness (QED) is 0.563. The van der Waals surface area contributed by atoms with Gasteiger partial charge in [-0.05, 0) is 32.4 Å². The molecular formula is C13H15NS. The van der Waals surface area contributed by atoms with E-state index in [1.54, 1.807) is 17.8 Å². The van der Waals surface area contributed by atoms with Crippen LogP contribution in [0.1, 0.15) is 18.9 Å². The Morgan fingerprint density at radius 1 is 1.47 bits per heavy atom. The Morgan fingerprint density at radius 3 is 2.53 bits per heavy atom. The Bertz CT molecular complexity index is 375. The lowest BCUT2D eigenvalue weighted by Gasteiger charge is -2.18. The lowest BCUT2D eigenvalue weighted by molar-refractivity contribution is 0.821. The summed E-state index contributed by atoms with van der Waals surface area (Å²) < 4.78 is -0.406. The van der Waals surface area contributed by atoms with Crippen molar-refractivity contribution in [3.63, 3.8) is 0 Å². The predicted molar refractivity (Wildman–Crippen MR) is 65.9 cm³/mol. The van der Waals surface area contributed by atoms with Gasteiger partial charge in [-0.1, -0.05) is 23.8 Å². The molecule has 0 amide bonds. The van der Waals surface area contributed by atoms with E-state index in [4.69, 9.17) is 5.26 Å². The number of aryl methyl sites for hydroxylation is 1.